The van der Waals surface area contributed by atoms with Gasteiger partial charge in [-0.05, 0) is 38.5 Å². The Bertz CT molecular complexity index is 573. The van der Waals surface area contributed by atoms with E-state index < -0.39 is 0 Å². The van der Waals surface area contributed by atoms with Crippen molar-refractivity contribution in [3.63, 3.8) is 0 Å². The van der Waals surface area contributed by atoms with E-state index in [4.69, 9.17) is 1.37 Å². The largest absolute Gasteiger partial charge is 0.212 e. The molecule has 2 aromatic rings. The van der Waals surface area contributed by atoms with Crippen molar-refractivity contribution in [3.05, 3.63) is 53.2 Å². The van der Waals surface area contributed by atoms with Crippen molar-refractivity contribution in [2.45, 2.75) is 20.8 Å². The van der Waals surface area contributed by atoms with E-state index in [9.17, 15) is 0 Å². The van der Waals surface area contributed by atoms with Crippen molar-refractivity contribution in [1.82, 2.24) is 0 Å². The number of aromatic nitrogens is 1. The molecule has 0 saturated carbocycles. The molecule has 0 unspecified atom stereocenters. The molecule has 2 rings (SSSR count). The smallest absolute Gasteiger partial charge is 0.201 e. The summed E-state index contributed by atoms with van der Waals surface area (Å²) in [6.45, 7) is 6.18. The first-order valence-electron chi connectivity index (χ1n) is 6.04. The van der Waals surface area contributed by atoms with E-state index in [0.29, 0.717) is 6.17 Å². The third-order valence-corrected chi connectivity index (χ3v) is 2.85. The fourth-order valence-corrected chi connectivity index (χ4v) is 2.05. The summed E-state index contributed by atoms with van der Waals surface area (Å²) in [7, 11) is 1.95. The van der Waals surface area contributed by atoms with Gasteiger partial charge < -0.3 is 0 Å². The number of benzene rings is 1. The molecule has 1 nitrogen and oxygen atoms in total. The molecule has 82 valence electrons. The molecule has 0 radical (unpaired) electrons. The van der Waals surface area contributed by atoms with Crippen LogP contribution >= 0.6 is 0 Å². The summed E-state index contributed by atoms with van der Waals surface area (Å²) in [6.07, 6.45) is 0.572. The van der Waals surface area contributed by atoms with Gasteiger partial charge >= 0.3 is 0 Å². The van der Waals surface area contributed by atoms with Crippen LogP contribution in [0.4, 0.5) is 0 Å². The lowest BCUT2D eigenvalue weighted by Gasteiger charge is -2.05. The molecule has 1 aromatic heterocycles. The highest BCUT2D eigenvalue weighted by atomic mass is 14.9. The van der Waals surface area contributed by atoms with E-state index >= 15 is 0 Å². The van der Waals surface area contributed by atoms with Crippen LogP contribution in [0.3, 0.4) is 0 Å². The van der Waals surface area contributed by atoms with Crippen molar-refractivity contribution >= 4 is 0 Å². The molecule has 0 saturated heterocycles. The standard InChI is InChI=1S/C15H18N/c1-11-5-7-14(13(3)9-11)15-8-6-12(2)10-16(15)4/h5-10H,1-4H3/q+1/i10D. The van der Waals surface area contributed by atoms with E-state index in [1.165, 1.54) is 16.7 Å². The second-order valence-electron chi connectivity index (χ2n) is 4.39. The second kappa shape index (κ2) is 4.09. The Labute approximate surface area is 98.8 Å². The van der Waals surface area contributed by atoms with Gasteiger partial charge in [-0.25, -0.2) is 4.57 Å². The number of nitrogens with zero attached hydrogens (tertiary/aromatic N) is 1. The first-order valence-corrected chi connectivity index (χ1v) is 5.54. The maximum atomic E-state index is 8.01. The summed E-state index contributed by atoms with van der Waals surface area (Å²) in [5.41, 5.74) is 5.82. The van der Waals surface area contributed by atoms with Crippen LogP contribution in [-0.2, 0) is 7.05 Å². The Morgan fingerprint density at radius 2 is 1.69 bits per heavy atom. The second-order valence-corrected chi connectivity index (χ2v) is 4.39. The Morgan fingerprint density at radius 3 is 2.38 bits per heavy atom. The number of pyridine rings is 1. The summed E-state index contributed by atoms with van der Waals surface area (Å²) in [6, 6.07) is 10.5. The SMILES string of the molecule is [2H]c1c(C)ccc(-c2ccc(C)cc2C)[n+]1C. The fourth-order valence-electron chi connectivity index (χ4n) is 2.05. The summed E-state index contributed by atoms with van der Waals surface area (Å²) in [5.74, 6) is 0. The van der Waals surface area contributed by atoms with E-state index in [-0.39, 0.29) is 0 Å². The highest BCUT2D eigenvalue weighted by Gasteiger charge is 2.11. The molecule has 1 heteroatoms. The molecular formula is C15H18N+. The maximum absolute atomic E-state index is 8.01. The monoisotopic (exact) mass is 213 g/mol. The van der Waals surface area contributed by atoms with Crippen LogP contribution in [0.2, 0.25) is 0 Å². The average Bonchev–Trinajstić information content (AvgIpc) is 2.28. The van der Waals surface area contributed by atoms with E-state index in [1.54, 1.807) is 0 Å². The molecule has 0 fully saturated rings. The summed E-state index contributed by atoms with van der Waals surface area (Å²) >= 11 is 0. The van der Waals surface area contributed by atoms with Crippen molar-refractivity contribution in [2.24, 2.45) is 7.05 Å². The molecule has 0 N–H and O–H groups in total. The van der Waals surface area contributed by atoms with Gasteiger partial charge in [-0.1, -0.05) is 17.7 Å². The molecule has 0 atom stereocenters. The van der Waals surface area contributed by atoms with Gasteiger partial charge in [-0.2, -0.15) is 0 Å². The predicted octanol–water partition coefficient (Wildman–Crippen LogP) is 3.10. The molecule has 1 aromatic carbocycles. The molecule has 16 heavy (non-hydrogen) atoms. The zero-order valence-electron chi connectivity index (χ0n) is 11.3. The third-order valence-electron chi connectivity index (χ3n) is 2.85. The Kier molecular flexibility index (Phi) is 2.45. The first-order chi connectivity index (χ1) is 8.00. The molecule has 0 aliphatic carbocycles. The zero-order chi connectivity index (χ0) is 12.6. The summed E-state index contributed by atoms with van der Waals surface area (Å²) in [5, 5.41) is 0. The molecule has 0 bridgehead atoms. The number of hydrogen-bond acceptors (Lipinski definition) is 0. The van der Waals surface area contributed by atoms with Gasteiger partial charge in [-0.3, -0.25) is 0 Å². The van der Waals surface area contributed by atoms with Crippen LogP contribution < -0.4 is 4.57 Å². The maximum Gasteiger partial charge on any atom is 0.212 e. The summed E-state index contributed by atoms with van der Waals surface area (Å²) in [4.78, 5) is 0. The minimum atomic E-state index is 0.572. The number of hydrogen-bond donors (Lipinski definition) is 0. The lowest BCUT2D eigenvalue weighted by molar-refractivity contribution is -0.660. The van der Waals surface area contributed by atoms with Gasteiger partial charge in [0.05, 0.1) is 0 Å². The van der Waals surface area contributed by atoms with Crippen LogP contribution in [0.15, 0.2) is 36.5 Å². The van der Waals surface area contributed by atoms with E-state index in [0.717, 1.165) is 11.3 Å². The average molecular weight is 213 g/mol. The van der Waals surface area contributed by atoms with Crippen molar-refractivity contribution in [3.8, 4) is 11.3 Å². The molecule has 0 spiro atoms. The molecule has 0 amide bonds. The Balaban J connectivity index is 2.65. The van der Waals surface area contributed by atoms with Crippen LogP contribution in [0.1, 0.15) is 18.1 Å². The lowest BCUT2D eigenvalue weighted by atomic mass is 10.0. The Hall–Kier alpha value is -1.63. The van der Waals surface area contributed by atoms with Crippen LogP contribution in [0.25, 0.3) is 11.3 Å². The van der Waals surface area contributed by atoms with Crippen LogP contribution in [0.5, 0.6) is 0 Å². The topological polar surface area (TPSA) is 3.88 Å². The molecule has 1 heterocycles. The van der Waals surface area contributed by atoms with Gasteiger partial charge in [0.15, 0.2) is 6.17 Å². The van der Waals surface area contributed by atoms with E-state index in [1.807, 2.05) is 24.6 Å². The molecule has 0 aliphatic rings. The quantitative estimate of drug-likeness (QED) is 0.641. The van der Waals surface area contributed by atoms with Crippen molar-refractivity contribution < 1.29 is 5.94 Å². The third kappa shape index (κ3) is 1.99. The van der Waals surface area contributed by atoms with Gasteiger partial charge in [-0.15, -0.1) is 0 Å². The van der Waals surface area contributed by atoms with Gasteiger partial charge in [0.2, 0.25) is 5.69 Å². The molecule has 0 aliphatic heterocycles. The van der Waals surface area contributed by atoms with Gasteiger partial charge in [0.1, 0.15) is 8.42 Å². The number of rotatable bonds is 1. The van der Waals surface area contributed by atoms with Gasteiger partial charge in [0, 0.05) is 17.2 Å². The normalized spacial score (nSPS) is 11.4. The highest BCUT2D eigenvalue weighted by Crippen LogP contribution is 2.21. The van der Waals surface area contributed by atoms with Gasteiger partial charge in [0.25, 0.3) is 0 Å². The first kappa shape index (κ1) is 9.59. The number of aryl methyl sites for hydroxylation is 3. The van der Waals surface area contributed by atoms with E-state index in [2.05, 4.69) is 38.1 Å². The predicted molar refractivity (Wildman–Crippen MR) is 67.3 cm³/mol. The lowest BCUT2D eigenvalue weighted by Crippen LogP contribution is -2.31. The van der Waals surface area contributed by atoms with Crippen molar-refractivity contribution in [1.29, 1.82) is 0 Å². The van der Waals surface area contributed by atoms with Crippen molar-refractivity contribution in [2.75, 3.05) is 0 Å². The summed E-state index contributed by atoms with van der Waals surface area (Å²) < 4.78 is 9.95. The Morgan fingerprint density at radius 1 is 1.00 bits per heavy atom. The van der Waals surface area contributed by atoms with Crippen LogP contribution in [-0.4, -0.2) is 0 Å². The minimum Gasteiger partial charge on any atom is -0.201 e. The zero-order valence-corrected chi connectivity index (χ0v) is 10.3. The fraction of sp³-hybridized carbons (Fsp3) is 0.267. The molecular weight excluding hydrogens is 194 g/mol. The van der Waals surface area contributed by atoms with Crippen LogP contribution in [0, 0.1) is 20.8 Å². The minimum absolute atomic E-state index is 0.572. The highest BCUT2D eigenvalue weighted by molar-refractivity contribution is 5.61.